The van der Waals surface area contributed by atoms with Gasteiger partial charge in [0.05, 0.1) is 12.6 Å². The van der Waals surface area contributed by atoms with E-state index in [1.54, 1.807) is 6.07 Å². The zero-order valence-electron chi connectivity index (χ0n) is 10.3. The van der Waals surface area contributed by atoms with Crippen molar-refractivity contribution in [3.05, 3.63) is 40.2 Å². The Balaban J connectivity index is 2.90. The fourth-order valence-electron chi connectivity index (χ4n) is 2.05. The molecular formula is C13H14N2O3. The van der Waals surface area contributed by atoms with Crippen LogP contribution in [0.3, 0.4) is 0 Å². The van der Waals surface area contributed by atoms with Crippen molar-refractivity contribution in [3.63, 3.8) is 0 Å². The molecule has 0 radical (unpaired) electrons. The number of aromatic nitrogens is 1. The number of benzene rings is 1. The van der Waals surface area contributed by atoms with Gasteiger partial charge >= 0.3 is 0 Å². The van der Waals surface area contributed by atoms with E-state index in [1.165, 1.54) is 17.7 Å². The minimum atomic E-state index is -0.562. The van der Waals surface area contributed by atoms with E-state index >= 15 is 0 Å². The summed E-state index contributed by atoms with van der Waals surface area (Å²) in [5, 5.41) is 0.871. The first-order chi connectivity index (χ1) is 8.54. The van der Waals surface area contributed by atoms with Crippen LogP contribution in [0, 0.1) is 6.92 Å². The van der Waals surface area contributed by atoms with E-state index in [1.807, 2.05) is 19.1 Å². The lowest BCUT2D eigenvalue weighted by atomic mass is 10.1. The summed E-state index contributed by atoms with van der Waals surface area (Å²) >= 11 is 0. The maximum Gasteiger partial charge on any atom is 0.251 e. The number of ether oxygens (including phenoxy) is 1. The number of para-hydroxylation sites is 1. The minimum absolute atomic E-state index is 0.157. The van der Waals surface area contributed by atoms with Gasteiger partial charge in [0.1, 0.15) is 12.3 Å². The normalized spacial score (nSPS) is 10.6. The van der Waals surface area contributed by atoms with Gasteiger partial charge in [0.2, 0.25) is 5.91 Å². The van der Waals surface area contributed by atoms with Crippen LogP contribution in [0.4, 0.5) is 0 Å². The molecule has 2 N–H and O–H groups in total. The van der Waals surface area contributed by atoms with Crippen molar-refractivity contribution in [3.8, 4) is 5.75 Å². The number of nitrogens with two attached hydrogens (primary N) is 1. The highest BCUT2D eigenvalue weighted by molar-refractivity contribution is 5.89. The molecule has 1 aromatic carbocycles. The second-order valence-corrected chi connectivity index (χ2v) is 4.07. The number of nitrogens with zero attached hydrogens (tertiary/aromatic N) is 1. The summed E-state index contributed by atoms with van der Waals surface area (Å²) in [6, 6.07) is 6.96. The lowest BCUT2D eigenvalue weighted by Crippen LogP contribution is -2.28. The number of amides is 1. The molecule has 0 aliphatic carbocycles. The third kappa shape index (κ3) is 1.95. The topological polar surface area (TPSA) is 74.3 Å². The van der Waals surface area contributed by atoms with E-state index < -0.39 is 5.91 Å². The molecule has 0 aliphatic heterocycles. The van der Waals surface area contributed by atoms with Gasteiger partial charge < -0.3 is 10.5 Å². The van der Waals surface area contributed by atoms with Crippen molar-refractivity contribution in [2.24, 2.45) is 5.73 Å². The van der Waals surface area contributed by atoms with Crippen molar-refractivity contribution < 1.29 is 9.53 Å². The van der Waals surface area contributed by atoms with Gasteiger partial charge in [0, 0.05) is 11.5 Å². The van der Waals surface area contributed by atoms with Crippen molar-refractivity contribution in [1.82, 2.24) is 4.57 Å². The zero-order valence-corrected chi connectivity index (χ0v) is 10.3. The molecule has 0 atom stereocenters. The number of primary amides is 1. The first-order valence-electron chi connectivity index (χ1n) is 5.50. The van der Waals surface area contributed by atoms with Gasteiger partial charge in [0.15, 0.2) is 0 Å². The van der Waals surface area contributed by atoms with E-state index in [0.717, 1.165) is 10.9 Å². The number of fused-ring (bicyclic) bond motifs is 1. The minimum Gasteiger partial charge on any atom is -0.495 e. The molecule has 1 aromatic heterocycles. The monoisotopic (exact) mass is 246 g/mol. The molecule has 0 fully saturated rings. The van der Waals surface area contributed by atoms with Crippen molar-refractivity contribution in [2.45, 2.75) is 13.5 Å². The number of aryl methyl sites for hydroxylation is 1. The van der Waals surface area contributed by atoms with Crippen LogP contribution >= 0.6 is 0 Å². The van der Waals surface area contributed by atoms with Crippen molar-refractivity contribution >= 4 is 16.8 Å². The summed E-state index contributed by atoms with van der Waals surface area (Å²) in [5.41, 5.74) is 6.36. The zero-order chi connectivity index (χ0) is 13.3. The van der Waals surface area contributed by atoms with Gasteiger partial charge in [-0.05, 0) is 18.6 Å². The van der Waals surface area contributed by atoms with Crippen LogP contribution in [0.5, 0.6) is 5.75 Å². The second-order valence-electron chi connectivity index (χ2n) is 4.07. The number of hydrogen-bond donors (Lipinski definition) is 1. The van der Waals surface area contributed by atoms with Gasteiger partial charge in [-0.15, -0.1) is 0 Å². The Labute approximate surface area is 104 Å². The summed E-state index contributed by atoms with van der Waals surface area (Å²) in [4.78, 5) is 23.0. The van der Waals surface area contributed by atoms with Crippen LogP contribution in [0.15, 0.2) is 29.1 Å². The molecule has 0 unspecified atom stereocenters. The van der Waals surface area contributed by atoms with Gasteiger partial charge in [-0.2, -0.15) is 0 Å². The van der Waals surface area contributed by atoms with E-state index in [9.17, 15) is 9.59 Å². The summed E-state index contributed by atoms with van der Waals surface area (Å²) < 4.78 is 6.58. The maximum absolute atomic E-state index is 12.0. The first-order valence-corrected chi connectivity index (χ1v) is 5.50. The van der Waals surface area contributed by atoms with Gasteiger partial charge in [-0.25, -0.2) is 0 Å². The van der Waals surface area contributed by atoms with Crippen LogP contribution in [-0.2, 0) is 11.3 Å². The molecule has 18 heavy (non-hydrogen) atoms. The molecule has 0 bridgehead atoms. The lowest BCUT2D eigenvalue weighted by molar-refractivity contribution is -0.118. The fraction of sp³-hybridized carbons (Fsp3) is 0.231. The van der Waals surface area contributed by atoms with Crippen LogP contribution in [0.1, 0.15) is 5.56 Å². The van der Waals surface area contributed by atoms with Crippen LogP contribution in [0.25, 0.3) is 10.9 Å². The Hall–Kier alpha value is -2.30. The molecule has 0 aliphatic rings. The second kappa shape index (κ2) is 4.52. The van der Waals surface area contributed by atoms with E-state index in [0.29, 0.717) is 11.3 Å². The third-order valence-corrected chi connectivity index (χ3v) is 2.83. The highest BCUT2D eigenvalue weighted by atomic mass is 16.5. The molecule has 2 aromatic rings. The number of carbonyl (C=O) groups excluding carboxylic acids is 1. The lowest BCUT2D eigenvalue weighted by Gasteiger charge is -2.13. The Morgan fingerprint density at radius 1 is 1.44 bits per heavy atom. The molecular weight excluding hydrogens is 232 g/mol. The molecule has 1 amide bonds. The molecule has 0 saturated carbocycles. The van der Waals surface area contributed by atoms with Gasteiger partial charge in [-0.1, -0.05) is 12.1 Å². The Kier molecular flexibility index (Phi) is 3.06. The van der Waals surface area contributed by atoms with E-state index in [2.05, 4.69) is 0 Å². The van der Waals surface area contributed by atoms with E-state index in [4.69, 9.17) is 10.5 Å². The molecule has 94 valence electrons. The fourth-order valence-corrected chi connectivity index (χ4v) is 2.05. The SMILES string of the molecule is COc1cccc2c(C)cc(=O)n(CC(N)=O)c12. The predicted molar refractivity (Wildman–Crippen MR) is 68.7 cm³/mol. The van der Waals surface area contributed by atoms with Crippen LogP contribution < -0.4 is 16.0 Å². The van der Waals surface area contributed by atoms with E-state index in [-0.39, 0.29) is 12.1 Å². The highest BCUT2D eigenvalue weighted by Gasteiger charge is 2.12. The van der Waals surface area contributed by atoms with Gasteiger partial charge in [-0.3, -0.25) is 14.2 Å². The number of carbonyl (C=O) groups is 1. The first kappa shape index (κ1) is 12.2. The maximum atomic E-state index is 12.0. The summed E-state index contributed by atoms with van der Waals surface area (Å²) in [6.07, 6.45) is 0. The standard InChI is InChI=1S/C13H14N2O3/c1-8-6-12(17)15(7-11(14)16)13-9(8)4-3-5-10(13)18-2/h3-6H,7H2,1-2H3,(H2,14,16). The third-order valence-electron chi connectivity index (χ3n) is 2.83. The Morgan fingerprint density at radius 3 is 2.78 bits per heavy atom. The quantitative estimate of drug-likeness (QED) is 0.870. The molecule has 5 heteroatoms. The smallest absolute Gasteiger partial charge is 0.251 e. The highest BCUT2D eigenvalue weighted by Crippen LogP contribution is 2.26. The Morgan fingerprint density at radius 2 is 2.17 bits per heavy atom. The number of pyridine rings is 1. The predicted octanol–water partition coefficient (Wildman–Crippen LogP) is 0.804. The van der Waals surface area contributed by atoms with Gasteiger partial charge in [0.25, 0.3) is 5.56 Å². The molecule has 5 nitrogen and oxygen atoms in total. The number of hydrogen-bond acceptors (Lipinski definition) is 3. The number of rotatable bonds is 3. The average Bonchev–Trinajstić information content (AvgIpc) is 2.33. The van der Waals surface area contributed by atoms with Crippen molar-refractivity contribution in [2.75, 3.05) is 7.11 Å². The summed E-state index contributed by atoms with van der Waals surface area (Å²) in [5.74, 6) is -0.0114. The molecule has 0 spiro atoms. The molecule has 2 rings (SSSR count). The largest absolute Gasteiger partial charge is 0.495 e. The summed E-state index contributed by atoms with van der Waals surface area (Å²) in [7, 11) is 1.52. The summed E-state index contributed by atoms with van der Waals surface area (Å²) in [6.45, 7) is 1.69. The number of methoxy groups -OCH3 is 1. The molecule has 1 heterocycles. The molecule has 0 saturated heterocycles. The van der Waals surface area contributed by atoms with Crippen LogP contribution in [0.2, 0.25) is 0 Å². The average molecular weight is 246 g/mol. The van der Waals surface area contributed by atoms with Crippen LogP contribution in [-0.4, -0.2) is 17.6 Å². The van der Waals surface area contributed by atoms with Crippen molar-refractivity contribution in [1.29, 1.82) is 0 Å². The Bertz CT molecular complexity index is 674.